The van der Waals surface area contributed by atoms with Gasteiger partial charge in [0, 0.05) is 6.42 Å². The monoisotopic (exact) mass is 408 g/mol. The normalized spacial score (nSPS) is 14.6. The maximum Gasteiger partial charge on any atom is 0.138 e. The van der Waals surface area contributed by atoms with Crippen molar-refractivity contribution < 1.29 is 4.39 Å². The van der Waals surface area contributed by atoms with E-state index in [1.54, 1.807) is 11.8 Å². The Bertz CT molecular complexity index is 853. The lowest BCUT2D eigenvalue weighted by atomic mass is 9.83. The van der Waals surface area contributed by atoms with Crippen LogP contribution in [0.5, 0.6) is 0 Å². The van der Waals surface area contributed by atoms with Crippen LogP contribution in [0.3, 0.4) is 0 Å². The molecule has 0 saturated carbocycles. The zero-order valence-corrected chi connectivity index (χ0v) is 19.0. The minimum Gasteiger partial charge on any atom is -0.206 e. The summed E-state index contributed by atoms with van der Waals surface area (Å²) >= 11 is 1.66. The van der Waals surface area contributed by atoms with Crippen LogP contribution in [0.25, 0.3) is 0 Å². The summed E-state index contributed by atoms with van der Waals surface area (Å²) in [6, 6.07) is 5.26. The van der Waals surface area contributed by atoms with Crippen molar-refractivity contribution in [2.45, 2.75) is 59.8 Å². The van der Waals surface area contributed by atoms with Crippen LogP contribution in [0.15, 0.2) is 65.0 Å². The van der Waals surface area contributed by atoms with E-state index in [0.29, 0.717) is 11.5 Å². The van der Waals surface area contributed by atoms with Gasteiger partial charge in [-0.25, -0.2) is 4.39 Å². The summed E-state index contributed by atoms with van der Waals surface area (Å²) in [7, 11) is 0. The lowest BCUT2D eigenvalue weighted by Crippen LogP contribution is -2.10. The molecule has 0 fully saturated rings. The van der Waals surface area contributed by atoms with Gasteiger partial charge in [0.1, 0.15) is 5.82 Å². The fourth-order valence-corrected chi connectivity index (χ4v) is 3.79. The van der Waals surface area contributed by atoms with Gasteiger partial charge in [-0.1, -0.05) is 76.0 Å². The quantitative estimate of drug-likeness (QED) is 0.249. The molecule has 1 unspecified atom stereocenters. The average molecular weight is 409 g/mol. The van der Waals surface area contributed by atoms with Gasteiger partial charge < -0.3 is 0 Å². The van der Waals surface area contributed by atoms with Crippen molar-refractivity contribution in [1.29, 1.82) is 0 Å². The van der Waals surface area contributed by atoms with E-state index in [0.717, 1.165) is 37.7 Å². The standard InChI is InChI=1S/C27H33FS/c1-21(22(2)20-27(3,4)5)10-7-6-8-12-25-19-24(13-14-26(25)28)18-23-11-9-16-29-17-15-23/h9,11,13-17,19,21H,2,6-7,10,18,20H2,1,3-5H3. The third-order valence-corrected chi connectivity index (χ3v) is 5.49. The molecule has 0 amide bonds. The second-order valence-corrected chi connectivity index (χ2v) is 9.81. The number of rotatable bonds is 7. The Hall–Kier alpha value is -1.98. The number of benzene rings is 1. The summed E-state index contributed by atoms with van der Waals surface area (Å²) in [5.74, 6) is 6.47. The highest BCUT2D eigenvalue weighted by Gasteiger charge is 2.15. The lowest BCUT2D eigenvalue weighted by molar-refractivity contribution is 0.386. The zero-order valence-electron chi connectivity index (χ0n) is 18.2. The Morgan fingerprint density at radius 1 is 1.24 bits per heavy atom. The van der Waals surface area contributed by atoms with Crippen molar-refractivity contribution in [3.8, 4) is 11.8 Å². The molecule has 0 saturated heterocycles. The molecule has 0 spiro atoms. The number of hydrogen-bond donors (Lipinski definition) is 0. The maximum absolute atomic E-state index is 14.2. The molecule has 0 aromatic heterocycles. The molecule has 0 nitrogen and oxygen atoms in total. The smallest absolute Gasteiger partial charge is 0.138 e. The van der Waals surface area contributed by atoms with Crippen LogP contribution < -0.4 is 0 Å². The SMILES string of the molecule is C=C(CC(C)(C)C)C(C)CCCC#Cc1cc(CC2=CC=CSC=C2)ccc1F. The van der Waals surface area contributed by atoms with E-state index in [-0.39, 0.29) is 11.2 Å². The molecule has 0 N–H and O–H groups in total. The molecule has 1 aliphatic rings. The fourth-order valence-electron chi connectivity index (χ4n) is 3.28. The van der Waals surface area contributed by atoms with Crippen molar-refractivity contribution in [2.24, 2.45) is 11.3 Å². The second-order valence-electron chi connectivity index (χ2n) is 8.99. The largest absolute Gasteiger partial charge is 0.206 e. The lowest BCUT2D eigenvalue weighted by Gasteiger charge is -2.23. The Balaban J connectivity index is 1.89. The van der Waals surface area contributed by atoms with E-state index in [1.165, 1.54) is 17.2 Å². The number of thioether (sulfide) groups is 1. The summed E-state index contributed by atoms with van der Waals surface area (Å²) < 4.78 is 14.2. The molecule has 1 aromatic rings. The predicted octanol–water partition coefficient (Wildman–Crippen LogP) is 8.22. The minimum absolute atomic E-state index is 0.242. The molecular weight excluding hydrogens is 375 g/mol. The first-order valence-electron chi connectivity index (χ1n) is 10.4. The van der Waals surface area contributed by atoms with Gasteiger partial charge >= 0.3 is 0 Å². The first kappa shape index (κ1) is 23.3. The van der Waals surface area contributed by atoms with E-state index in [1.807, 2.05) is 23.6 Å². The van der Waals surface area contributed by atoms with Crippen LogP contribution in [0.4, 0.5) is 4.39 Å². The van der Waals surface area contributed by atoms with Crippen LogP contribution >= 0.6 is 11.8 Å². The molecule has 1 aliphatic heterocycles. The van der Waals surface area contributed by atoms with E-state index in [9.17, 15) is 4.39 Å². The minimum atomic E-state index is -0.242. The first-order valence-corrected chi connectivity index (χ1v) is 11.3. The van der Waals surface area contributed by atoms with E-state index in [2.05, 4.69) is 63.7 Å². The second kappa shape index (κ2) is 11.3. The average Bonchev–Trinajstić information content (AvgIpc) is 2.91. The Morgan fingerprint density at radius 2 is 2.03 bits per heavy atom. The number of hydrogen-bond acceptors (Lipinski definition) is 1. The molecular formula is C27H33FS. The predicted molar refractivity (Wildman–Crippen MR) is 127 cm³/mol. The van der Waals surface area contributed by atoms with Crippen molar-refractivity contribution >= 4 is 11.8 Å². The van der Waals surface area contributed by atoms with Gasteiger partial charge in [-0.3, -0.25) is 0 Å². The topological polar surface area (TPSA) is 0 Å². The van der Waals surface area contributed by atoms with E-state index in [4.69, 9.17) is 0 Å². The van der Waals surface area contributed by atoms with E-state index >= 15 is 0 Å². The number of halogens is 1. The Kier molecular flexibility index (Phi) is 9.05. The van der Waals surface area contributed by atoms with Gasteiger partial charge in [0.25, 0.3) is 0 Å². The molecule has 2 heteroatoms. The summed E-state index contributed by atoms with van der Waals surface area (Å²) in [5, 5.41) is 4.11. The van der Waals surface area contributed by atoms with Gasteiger partial charge in [-0.2, -0.15) is 0 Å². The highest BCUT2D eigenvalue weighted by molar-refractivity contribution is 8.04. The molecule has 1 heterocycles. The molecule has 29 heavy (non-hydrogen) atoms. The third kappa shape index (κ3) is 8.92. The molecule has 0 aliphatic carbocycles. The highest BCUT2D eigenvalue weighted by Crippen LogP contribution is 2.29. The highest BCUT2D eigenvalue weighted by atomic mass is 32.2. The third-order valence-electron chi connectivity index (χ3n) is 4.88. The van der Waals surface area contributed by atoms with Gasteiger partial charge in [0.2, 0.25) is 0 Å². The van der Waals surface area contributed by atoms with Crippen LogP contribution in [0, 0.1) is 29.0 Å². The molecule has 154 valence electrons. The van der Waals surface area contributed by atoms with Gasteiger partial charge in [-0.15, -0.1) is 11.8 Å². The van der Waals surface area contributed by atoms with Crippen molar-refractivity contribution in [3.63, 3.8) is 0 Å². The molecule has 1 aromatic carbocycles. The van der Waals surface area contributed by atoms with Crippen LogP contribution in [0.1, 0.15) is 64.5 Å². The zero-order chi connectivity index (χ0) is 21.3. The summed E-state index contributed by atoms with van der Waals surface area (Å²) in [6.07, 6.45) is 11.0. The van der Waals surface area contributed by atoms with Crippen molar-refractivity contribution in [2.75, 3.05) is 0 Å². The van der Waals surface area contributed by atoms with Gasteiger partial charge in [0.15, 0.2) is 0 Å². The van der Waals surface area contributed by atoms with Crippen LogP contribution in [-0.4, -0.2) is 0 Å². The van der Waals surface area contributed by atoms with Crippen molar-refractivity contribution in [1.82, 2.24) is 0 Å². The molecule has 1 atom stereocenters. The van der Waals surface area contributed by atoms with Crippen LogP contribution in [-0.2, 0) is 6.42 Å². The summed E-state index contributed by atoms with van der Waals surface area (Å²) in [5.41, 5.74) is 4.39. The van der Waals surface area contributed by atoms with E-state index < -0.39 is 0 Å². The fraction of sp³-hybridized carbons (Fsp3) is 0.407. The van der Waals surface area contributed by atoms with Crippen molar-refractivity contribution in [3.05, 3.63) is 81.9 Å². The maximum atomic E-state index is 14.2. The van der Waals surface area contributed by atoms with Crippen LogP contribution in [0.2, 0.25) is 0 Å². The Morgan fingerprint density at radius 3 is 2.79 bits per heavy atom. The summed E-state index contributed by atoms with van der Waals surface area (Å²) in [4.78, 5) is 0. The van der Waals surface area contributed by atoms with Gasteiger partial charge in [-0.05, 0) is 71.1 Å². The first-order chi connectivity index (χ1) is 13.7. The summed E-state index contributed by atoms with van der Waals surface area (Å²) in [6.45, 7) is 13.2. The number of allylic oxidation sites excluding steroid dienone is 5. The van der Waals surface area contributed by atoms with Gasteiger partial charge in [0.05, 0.1) is 5.56 Å². The molecule has 0 radical (unpaired) electrons. The molecule has 0 bridgehead atoms. The Labute approximate surface area is 181 Å². The number of unbranched alkanes of at least 4 members (excludes halogenated alkanes) is 1. The molecule has 2 rings (SSSR count).